The van der Waals surface area contributed by atoms with Gasteiger partial charge in [-0.25, -0.2) is 4.79 Å². The fourth-order valence-corrected chi connectivity index (χ4v) is 3.56. The summed E-state index contributed by atoms with van der Waals surface area (Å²) < 4.78 is 5.09. The van der Waals surface area contributed by atoms with Gasteiger partial charge in [0.05, 0.1) is 11.4 Å². The van der Waals surface area contributed by atoms with Crippen LogP contribution in [0.2, 0.25) is 0 Å². The zero-order valence-electron chi connectivity index (χ0n) is 18.4. The van der Waals surface area contributed by atoms with E-state index in [1.165, 1.54) is 0 Å². The number of carbonyl (C=O) groups is 2. The van der Waals surface area contributed by atoms with Crippen molar-refractivity contribution in [3.05, 3.63) is 65.5 Å². The summed E-state index contributed by atoms with van der Waals surface area (Å²) in [6, 6.07) is 17.1. The van der Waals surface area contributed by atoms with E-state index in [0.29, 0.717) is 11.6 Å². The number of para-hydroxylation sites is 2. The van der Waals surface area contributed by atoms with E-state index in [-0.39, 0.29) is 12.1 Å². The summed E-state index contributed by atoms with van der Waals surface area (Å²) in [6.07, 6.45) is 0. The van der Waals surface area contributed by atoms with Crippen LogP contribution >= 0.6 is 0 Å². The molecule has 0 spiro atoms. The Balaban J connectivity index is 1.40. The van der Waals surface area contributed by atoms with Gasteiger partial charge in [-0.1, -0.05) is 42.0 Å². The zero-order valence-corrected chi connectivity index (χ0v) is 18.4. The second-order valence-corrected chi connectivity index (χ2v) is 7.51. The topological polar surface area (TPSA) is 117 Å². The van der Waals surface area contributed by atoms with Crippen molar-refractivity contribution in [2.75, 3.05) is 30.5 Å². The van der Waals surface area contributed by atoms with Crippen LogP contribution in [-0.2, 0) is 20.9 Å². The summed E-state index contributed by atoms with van der Waals surface area (Å²) in [5, 5.41) is 21.6. The predicted octanol–water partition coefficient (Wildman–Crippen LogP) is 2.08. The van der Waals surface area contributed by atoms with Crippen molar-refractivity contribution in [1.82, 2.24) is 20.2 Å². The van der Waals surface area contributed by atoms with Gasteiger partial charge in [-0.15, -0.1) is 10.2 Å². The number of rotatable bonds is 6. The molecule has 0 bridgehead atoms. The molecule has 10 heteroatoms. The van der Waals surface area contributed by atoms with Crippen LogP contribution in [0.3, 0.4) is 0 Å². The van der Waals surface area contributed by atoms with Crippen molar-refractivity contribution in [2.45, 2.75) is 13.5 Å². The second kappa shape index (κ2) is 8.92. The first-order valence-electron chi connectivity index (χ1n) is 10.1. The molecule has 0 saturated carbocycles. The second-order valence-electron chi connectivity index (χ2n) is 7.51. The molecule has 0 saturated heterocycles. The van der Waals surface area contributed by atoms with E-state index in [4.69, 9.17) is 4.74 Å². The van der Waals surface area contributed by atoms with E-state index in [1.807, 2.05) is 61.5 Å². The lowest BCUT2D eigenvalue weighted by Crippen LogP contribution is -2.28. The highest BCUT2D eigenvalue weighted by Crippen LogP contribution is 2.40. The van der Waals surface area contributed by atoms with Gasteiger partial charge >= 0.3 is 5.97 Å². The van der Waals surface area contributed by atoms with Crippen LogP contribution in [0.5, 0.6) is 0 Å². The van der Waals surface area contributed by atoms with Gasteiger partial charge in [0, 0.05) is 19.7 Å². The Kier molecular flexibility index (Phi) is 5.87. The molecule has 166 valence electrons. The summed E-state index contributed by atoms with van der Waals surface area (Å²) in [5.41, 5.74) is 3.52. The van der Waals surface area contributed by atoms with E-state index in [0.717, 1.165) is 27.3 Å². The van der Waals surface area contributed by atoms with Crippen LogP contribution in [-0.4, -0.2) is 52.7 Å². The molecule has 0 fully saturated rings. The molecule has 10 nitrogen and oxygen atoms in total. The third kappa shape index (κ3) is 4.29. The minimum atomic E-state index is -0.713. The van der Waals surface area contributed by atoms with Gasteiger partial charge in [0.25, 0.3) is 0 Å². The number of benzene rings is 2. The monoisotopic (exact) mass is 443 g/mol. The van der Waals surface area contributed by atoms with Crippen LogP contribution in [0, 0.1) is 18.3 Å². The number of carbonyl (C=O) groups excluding carboxylic acids is 2. The maximum atomic E-state index is 12.7. The van der Waals surface area contributed by atoms with Crippen molar-refractivity contribution in [3.8, 4) is 17.5 Å². The smallest absolute Gasteiger partial charge is 0.330 e. The van der Waals surface area contributed by atoms with Crippen LogP contribution < -0.4 is 9.80 Å². The first-order chi connectivity index (χ1) is 15.9. The number of esters is 1. The van der Waals surface area contributed by atoms with Crippen molar-refractivity contribution in [1.29, 1.82) is 5.26 Å². The number of aromatic nitrogens is 4. The van der Waals surface area contributed by atoms with Crippen molar-refractivity contribution in [3.63, 3.8) is 0 Å². The molecule has 0 radical (unpaired) electrons. The molecule has 4 rings (SSSR count). The van der Waals surface area contributed by atoms with Gasteiger partial charge in [0.2, 0.25) is 11.6 Å². The molecule has 33 heavy (non-hydrogen) atoms. The normalized spacial score (nSPS) is 12.4. The first kappa shape index (κ1) is 21.7. The number of nitrogens with zero attached hydrogens (tertiary/aromatic N) is 7. The van der Waals surface area contributed by atoms with Gasteiger partial charge in [-0.2, -0.15) is 10.1 Å². The molecule has 0 unspecified atom stereocenters. The van der Waals surface area contributed by atoms with Gasteiger partial charge in [0.15, 0.2) is 13.2 Å². The van der Waals surface area contributed by atoms with E-state index in [1.54, 1.807) is 23.9 Å². The Morgan fingerprint density at radius 3 is 2.27 bits per heavy atom. The number of nitriles is 1. The Morgan fingerprint density at radius 2 is 1.67 bits per heavy atom. The van der Waals surface area contributed by atoms with Gasteiger partial charge in [-0.3, -0.25) is 4.79 Å². The number of aryl methyl sites for hydroxylation is 1. The molecule has 1 aliphatic heterocycles. The lowest BCUT2D eigenvalue weighted by molar-refractivity contribution is -0.148. The Morgan fingerprint density at radius 1 is 1.03 bits per heavy atom. The fraction of sp³-hybridized carbons (Fsp3) is 0.217. The van der Waals surface area contributed by atoms with Crippen LogP contribution in [0.4, 0.5) is 11.4 Å². The Labute approximate surface area is 190 Å². The third-order valence-corrected chi connectivity index (χ3v) is 5.25. The minimum absolute atomic E-state index is 0.0930. The summed E-state index contributed by atoms with van der Waals surface area (Å²) in [6.45, 7) is 1.10. The van der Waals surface area contributed by atoms with E-state index < -0.39 is 18.4 Å². The predicted molar refractivity (Wildman–Crippen MR) is 120 cm³/mol. The maximum absolute atomic E-state index is 12.7. The summed E-state index contributed by atoms with van der Waals surface area (Å²) >= 11 is 0. The standard InChI is InChI=1S/C23H21N7O3/c1-15-8-10-16(11-9-15)22-25-27-30(26-22)13-21(32)33-14-20(31)17(12-24)23-28(2)18-6-4-5-7-19(18)29(23)3/h4-11H,13-14H2,1-3H3. The van der Waals surface area contributed by atoms with Gasteiger partial charge in [0.1, 0.15) is 17.5 Å². The van der Waals surface area contributed by atoms with Crippen molar-refractivity contribution in [2.24, 2.45) is 0 Å². The molecule has 0 atom stereocenters. The number of ketones is 1. The van der Waals surface area contributed by atoms with E-state index in [9.17, 15) is 14.9 Å². The number of fused-ring (bicyclic) bond motifs is 1. The quantitative estimate of drug-likeness (QED) is 0.320. The molecule has 1 aliphatic rings. The van der Waals surface area contributed by atoms with Crippen LogP contribution in [0.15, 0.2) is 59.9 Å². The largest absolute Gasteiger partial charge is 0.456 e. The Hall–Kier alpha value is -4.52. The Bertz CT molecular complexity index is 1260. The molecular weight excluding hydrogens is 422 g/mol. The van der Waals surface area contributed by atoms with Gasteiger partial charge < -0.3 is 14.5 Å². The number of tetrazole rings is 1. The molecule has 2 aromatic carbocycles. The third-order valence-electron chi connectivity index (χ3n) is 5.25. The molecule has 0 amide bonds. The lowest BCUT2D eigenvalue weighted by Gasteiger charge is -2.19. The summed E-state index contributed by atoms with van der Waals surface area (Å²) in [5.74, 6) is -0.503. The van der Waals surface area contributed by atoms with Crippen molar-refractivity contribution >= 4 is 23.1 Å². The average molecular weight is 443 g/mol. The maximum Gasteiger partial charge on any atom is 0.330 e. The highest BCUT2D eigenvalue weighted by atomic mass is 16.5. The highest BCUT2D eigenvalue weighted by molar-refractivity contribution is 6.03. The lowest BCUT2D eigenvalue weighted by atomic mass is 10.1. The molecular formula is C23H21N7O3. The molecule has 2 heterocycles. The number of ether oxygens (including phenoxy) is 1. The number of hydrogen-bond acceptors (Lipinski definition) is 9. The summed E-state index contributed by atoms with van der Waals surface area (Å²) in [7, 11) is 3.55. The average Bonchev–Trinajstić information content (AvgIpc) is 3.37. The first-order valence-corrected chi connectivity index (χ1v) is 10.1. The van der Waals surface area contributed by atoms with Gasteiger partial charge in [-0.05, 0) is 24.3 Å². The molecule has 1 aromatic heterocycles. The SMILES string of the molecule is Cc1ccc(-c2nnn(CC(=O)OCC(=O)C(C#N)=C3N(C)c4ccccc4N3C)n2)cc1. The summed E-state index contributed by atoms with van der Waals surface area (Å²) in [4.78, 5) is 29.6. The number of Topliss-reactive ketones (excluding diaryl/α,β-unsaturated/α-hetero) is 1. The number of anilines is 2. The highest BCUT2D eigenvalue weighted by Gasteiger charge is 2.31. The number of hydrogen-bond donors (Lipinski definition) is 0. The minimum Gasteiger partial charge on any atom is -0.456 e. The molecule has 0 aliphatic carbocycles. The molecule has 0 N–H and O–H groups in total. The van der Waals surface area contributed by atoms with Crippen molar-refractivity contribution < 1.29 is 14.3 Å². The fourth-order valence-electron chi connectivity index (χ4n) is 3.56. The molecule has 3 aromatic rings. The van der Waals surface area contributed by atoms with Crippen LogP contribution in [0.25, 0.3) is 11.4 Å². The van der Waals surface area contributed by atoms with E-state index >= 15 is 0 Å². The van der Waals surface area contributed by atoms with E-state index in [2.05, 4.69) is 15.4 Å². The zero-order chi connectivity index (χ0) is 23.5. The van der Waals surface area contributed by atoms with Crippen LogP contribution in [0.1, 0.15) is 5.56 Å².